The summed E-state index contributed by atoms with van der Waals surface area (Å²) in [6.07, 6.45) is 0.692. The van der Waals surface area contributed by atoms with E-state index in [1.54, 1.807) is 12.1 Å². The molecule has 1 N–H and O–H groups in total. The van der Waals surface area contributed by atoms with Gasteiger partial charge in [-0.25, -0.2) is 4.39 Å². The largest absolute Gasteiger partial charge is 0.313 e. The van der Waals surface area contributed by atoms with Crippen molar-refractivity contribution in [3.63, 3.8) is 0 Å². The molecule has 2 aromatic rings. The van der Waals surface area contributed by atoms with Crippen LogP contribution in [0.2, 0.25) is 10.0 Å². The third-order valence-electron chi connectivity index (χ3n) is 3.14. The Morgan fingerprint density at radius 2 is 2.00 bits per heavy atom. The summed E-state index contributed by atoms with van der Waals surface area (Å²) in [5, 5.41) is 4.37. The Morgan fingerprint density at radius 1 is 1.25 bits per heavy atom. The van der Waals surface area contributed by atoms with Gasteiger partial charge in [0.15, 0.2) is 0 Å². The van der Waals surface area contributed by atoms with Gasteiger partial charge < -0.3 is 5.32 Å². The summed E-state index contributed by atoms with van der Waals surface area (Å²) in [6.45, 7) is 0. The molecule has 0 amide bonds. The quantitative estimate of drug-likeness (QED) is 0.663. The minimum Gasteiger partial charge on any atom is -0.313 e. The molecule has 5 heteroatoms. The van der Waals surface area contributed by atoms with Crippen molar-refractivity contribution in [2.24, 2.45) is 0 Å². The monoisotopic (exact) mass is 423 g/mol. The molecule has 0 spiro atoms. The summed E-state index contributed by atoms with van der Waals surface area (Å²) >= 11 is 14.4. The fourth-order valence-corrected chi connectivity index (χ4v) is 3.33. The summed E-state index contributed by atoms with van der Waals surface area (Å²) < 4.78 is 14.1. The zero-order valence-electron chi connectivity index (χ0n) is 10.8. The average molecular weight is 424 g/mol. The molecule has 0 bridgehead atoms. The van der Waals surface area contributed by atoms with Gasteiger partial charge in [0.1, 0.15) is 5.82 Å². The Hall–Kier alpha value is -0.360. The second kappa shape index (κ2) is 7.07. The smallest absolute Gasteiger partial charge is 0.124 e. The van der Waals surface area contributed by atoms with Gasteiger partial charge in [-0.1, -0.05) is 41.4 Å². The van der Waals surface area contributed by atoms with Crippen LogP contribution in [-0.4, -0.2) is 7.05 Å². The summed E-state index contributed by atoms with van der Waals surface area (Å²) in [7, 11) is 1.88. The molecule has 1 atom stereocenters. The van der Waals surface area contributed by atoms with Crippen LogP contribution >= 0.6 is 45.8 Å². The van der Waals surface area contributed by atoms with Crippen molar-refractivity contribution >= 4 is 45.8 Å². The highest BCUT2D eigenvalue weighted by molar-refractivity contribution is 14.1. The first-order valence-corrected chi connectivity index (χ1v) is 7.91. The van der Waals surface area contributed by atoms with Gasteiger partial charge in [-0.3, -0.25) is 0 Å². The predicted octanol–water partition coefficient (Wildman–Crippen LogP) is 5.24. The minimum absolute atomic E-state index is 0.0541. The molecule has 106 valence electrons. The number of rotatable bonds is 4. The lowest BCUT2D eigenvalue weighted by Crippen LogP contribution is -2.20. The SMILES string of the molecule is CNC(Cc1cccc(Cl)c1Cl)c1ccc(F)cc1I. The van der Waals surface area contributed by atoms with E-state index in [-0.39, 0.29) is 11.9 Å². The average Bonchev–Trinajstić information content (AvgIpc) is 2.41. The molecule has 2 rings (SSSR count). The van der Waals surface area contributed by atoms with Crippen molar-refractivity contribution in [3.8, 4) is 0 Å². The Labute approximate surface area is 141 Å². The van der Waals surface area contributed by atoms with Gasteiger partial charge in [0.05, 0.1) is 10.0 Å². The van der Waals surface area contributed by atoms with E-state index in [0.29, 0.717) is 16.5 Å². The summed E-state index contributed by atoms with van der Waals surface area (Å²) in [4.78, 5) is 0. The fourth-order valence-electron chi connectivity index (χ4n) is 2.08. The van der Waals surface area contributed by atoms with Gasteiger partial charge >= 0.3 is 0 Å². The van der Waals surface area contributed by atoms with Crippen LogP contribution in [0, 0.1) is 9.39 Å². The van der Waals surface area contributed by atoms with Crippen LogP contribution in [0.1, 0.15) is 17.2 Å². The molecule has 0 saturated heterocycles. The summed E-state index contributed by atoms with van der Waals surface area (Å²) in [5.41, 5.74) is 2.02. The lowest BCUT2D eigenvalue weighted by Gasteiger charge is -2.19. The summed E-state index contributed by atoms with van der Waals surface area (Å²) in [6, 6.07) is 10.5. The van der Waals surface area contributed by atoms with Gasteiger partial charge in [0.25, 0.3) is 0 Å². The van der Waals surface area contributed by atoms with E-state index in [9.17, 15) is 4.39 Å². The standard InChI is InChI=1S/C15H13Cl2FIN/c1-20-14(11-6-5-10(18)8-13(11)19)7-9-3-2-4-12(16)15(9)17/h2-6,8,14,20H,7H2,1H3. The second-order valence-electron chi connectivity index (χ2n) is 4.42. The highest BCUT2D eigenvalue weighted by atomic mass is 127. The van der Waals surface area contributed by atoms with Crippen molar-refractivity contribution in [2.45, 2.75) is 12.5 Å². The lowest BCUT2D eigenvalue weighted by molar-refractivity contribution is 0.582. The first-order chi connectivity index (χ1) is 9.52. The highest BCUT2D eigenvalue weighted by Gasteiger charge is 2.16. The molecule has 0 heterocycles. The molecule has 0 aromatic heterocycles. The van der Waals surface area contributed by atoms with Gasteiger partial charge in [-0.15, -0.1) is 0 Å². The number of benzene rings is 2. The fraction of sp³-hybridized carbons (Fsp3) is 0.200. The van der Waals surface area contributed by atoms with Crippen molar-refractivity contribution in [1.29, 1.82) is 0 Å². The zero-order valence-corrected chi connectivity index (χ0v) is 14.4. The highest BCUT2D eigenvalue weighted by Crippen LogP contribution is 2.30. The first kappa shape index (κ1) is 16.0. The van der Waals surface area contributed by atoms with E-state index in [0.717, 1.165) is 14.7 Å². The molecule has 0 aliphatic carbocycles. The minimum atomic E-state index is -0.228. The Kier molecular flexibility index (Phi) is 5.66. The Balaban J connectivity index is 2.31. The van der Waals surface area contributed by atoms with E-state index in [1.165, 1.54) is 12.1 Å². The van der Waals surface area contributed by atoms with Crippen molar-refractivity contribution in [3.05, 3.63) is 67.0 Å². The maximum atomic E-state index is 13.2. The Bertz CT molecular complexity index is 619. The lowest BCUT2D eigenvalue weighted by atomic mass is 9.99. The second-order valence-corrected chi connectivity index (χ2v) is 6.37. The van der Waals surface area contributed by atoms with Gasteiger partial charge in [-0.2, -0.15) is 0 Å². The van der Waals surface area contributed by atoms with Crippen molar-refractivity contribution in [2.75, 3.05) is 7.05 Å². The van der Waals surface area contributed by atoms with E-state index in [1.807, 2.05) is 19.2 Å². The molecule has 0 fully saturated rings. The molecule has 0 saturated carbocycles. The van der Waals surface area contributed by atoms with E-state index in [2.05, 4.69) is 27.9 Å². The van der Waals surface area contributed by atoms with Crippen molar-refractivity contribution < 1.29 is 4.39 Å². The normalized spacial score (nSPS) is 12.4. The van der Waals surface area contributed by atoms with E-state index < -0.39 is 0 Å². The number of halogens is 4. The topological polar surface area (TPSA) is 12.0 Å². The zero-order chi connectivity index (χ0) is 14.7. The van der Waals surface area contributed by atoms with Gasteiger partial charge in [0.2, 0.25) is 0 Å². The number of hydrogen-bond donors (Lipinski definition) is 1. The summed E-state index contributed by atoms with van der Waals surface area (Å²) in [5.74, 6) is -0.228. The van der Waals surface area contributed by atoms with Crippen LogP contribution in [0.3, 0.4) is 0 Å². The molecule has 0 aliphatic rings. The van der Waals surface area contributed by atoms with Crippen LogP contribution in [-0.2, 0) is 6.42 Å². The van der Waals surface area contributed by atoms with Gasteiger partial charge in [0, 0.05) is 9.61 Å². The molecule has 1 unspecified atom stereocenters. The molecular formula is C15H13Cl2FIN. The molecular weight excluding hydrogens is 411 g/mol. The molecule has 2 aromatic carbocycles. The van der Waals surface area contributed by atoms with Crippen LogP contribution in [0.4, 0.5) is 4.39 Å². The molecule has 20 heavy (non-hydrogen) atoms. The third kappa shape index (κ3) is 3.64. The maximum absolute atomic E-state index is 13.2. The van der Waals surface area contributed by atoms with Gasteiger partial charge in [-0.05, 0) is 65.4 Å². The first-order valence-electron chi connectivity index (χ1n) is 6.08. The van der Waals surface area contributed by atoms with Crippen molar-refractivity contribution in [1.82, 2.24) is 5.32 Å². The maximum Gasteiger partial charge on any atom is 0.124 e. The molecule has 1 nitrogen and oxygen atoms in total. The number of hydrogen-bond acceptors (Lipinski definition) is 1. The number of likely N-dealkylation sites (N-methyl/N-ethyl adjacent to an activating group) is 1. The number of nitrogens with one attached hydrogen (secondary N) is 1. The van der Waals surface area contributed by atoms with Crippen LogP contribution in [0.25, 0.3) is 0 Å². The van der Waals surface area contributed by atoms with Crippen LogP contribution in [0.15, 0.2) is 36.4 Å². The predicted molar refractivity (Wildman–Crippen MR) is 91.1 cm³/mol. The molecule has 0 radical (unpaired) electrons. The third-order valence-corrected chi connectivity index (χ3v) is 4.93. The Morgan fingerprint density at radius 3 is 2.65 bits per heavy atom. The van der Waals surface area contributed by atoms with E-state index in [4.69, 9.17) is 23.2 Å². The van der Waals surface area contributed by atoms with Crippen LogP contribution < -0.4 is 5.32 Å². The molecule has 0 aliphatic heterocycles. The van der Waals surface area contributed by atoms with E-state index >= 15 is 0 Å². The van der Waals surface area contributed by atoms with Crippen LogP contribution in [0.5, 0.6) is 0 Å².